The van der Waals surface area contributed by atoms with Crippen molar-refractivity contribution in [3.63, 3.8) is 0 Å². The van der Waals surface area contributed by atoms with Crippen LogP contribution < -0.4 is 15.3 Å². The average Bonchev–Trinajstić information content (AvgIpc) is 2.72. The molecule has 0 heterocycles. The maximum Gasteiger partial charge on any atom is 0.0577 e. The Morgan fingerprint density at radius 2 is 1.12 bits per heavy atom. The summed E-state index contributed by atoms with van der Waals surface area (Å²) >= 11 is 0. The number of hydrogen-bond donors (Lipinski definition) is 1. The van der Waals surface area contributed by atoms with Gasteiger partial charge in [0, 0.05) is 25.3 Å². The molecule has 0 fully saturated rings. The standard InChI is InChI=1S/C23H27N3/c1-3-25(4-2)21-17-15-20(16-18-21)19-24-26(22-11-7-5-8-12-22)23-13-9-6-10-14-23/h5-18,24H,3-4,19H2,1-2H3. The lowest BCUT2D eigenvalue weighted by Crippen LogP contribution is -2.33. The number of anilines is 3. The Morgan fingerprint density at radius 1 is 0.615 bits per heavy atom. The van der Waals surface area contributed by atoms with E-state index in [4.69, 9.17) is 0 Å². The minimum atomic E-state index is 0.766. The fourth-order valence-corrected chi connectivity index (χ4v) is 3.07. The second kappa shape index (κ2) is 9.07. The van der Waals surface area contributed by atoms with Gasteiger partial charge in [-0.25, -0.2) is 5.43 Å². The van der Waals surface area contributed by atoms with E-state index in [1.807, 2.05) is 12.1 Å². The molecule has 0 amide bonds. The van der Waals surface area contributed by atoms with Crippen LogP contribution >= 0.6 is 0 Å². The zero-order valence-corrected chi connectivity index (χ0v) is 15.6. The molecule has 3 heteroatoms. The van der Waals surface area contributed by atoms with Gasteiger partial charge >= 0.3 is 0 Å². The minimum absolute atomic E-state index is 0.766. The number of nitrogens with zero attached hydrogens (tertiary/aromatic N) is 2. The number of para-hydroxylation sites is 2. The highest BCUT2D eigenvalue weighted by Gasteiger charge is 2.08. The van der Waals surface area contributed by atoms with Gasteiger partial charge in [0.05, 0.1) is 11.4 Å². The van der Waals surface area contributed by atoms with Crippen molar-refractivity contribution in [2.24, 2.45) is 0 Å². The number of benzene rings is 3. The fourth-order valence-electron chi connectivity index (χ4n) is 3.07. The van der Waals surface area contributed by atoms with Crippen molar-refractivity contribution < 1.29 is 0 Å². The molecule has 0 unspecified atom stereocenters. The molecule has 3 nitrogen and oxygen atoms in total. The van der Waals surface area contributed by atoms with Gasteiger partial charge in [-0.15, -0.1) is 0 Å². The van der Waals surface area contributed by atoms with Crippen molar-refractivity contribution in [2.75, 3.05) is 23.0 Å². The van der Waals surface area contributed by atoms with Crippen molar-refractivity contribution in [1.29, 1.82) is 0 Å². The highest BCUT2D eigenvalue weighted by atomic mass is 15.5. The van der Waals surface area contributed by atoms with E-state index >= 15 is 0 Å². The third-order valence-electron chi connectivity index (χ3n) is 4.54. The molecular formula is C23H27N3. The van der Waals surface area contributed by atoms with Crippen LogP contribution in [0.25, 0.3) is 0 Å². The van der Waals surface area contributed by atoms with E-state index in [0.29, 0.717) is 0 Å². The molecule has 0 atom stereocenters. The van der Waals surface area contributed by atoms with E-state index in [-0.39, 0.29) is 0 Å². The van der Waals surface area contributed by atoms with Crippen LogP contribution in [0.5, 0.6) is 0 Å². The zero-order valence-electron chi connectivity index (χ0n) is 15.6. The molecule has 0 aliphatic carbocycles. The maximum absolute atomic E-state index is 3.57. The van der Waals surface area contributed by atoms with Gasteiger partial charge in [0.15, 0.2) is 0 Å². The van der Waals surface area contributed by atoms with Crippen LogP contribution in [0, 0.1) is 0 Å². The van der Waals surface area contributed by atoms with Gasteiger partial charge in [-0.2, -0.15) is 0 Å². The summed E-state index contributed by atoms with van der Waals surface area (Å²) in [4.78, 5) is 2.36. The van der Waals surface area contributed by atoms with Crippen molar-refractivity contribution in [2.45, 2.75) is 20.4 Å². The molecule has 0 aliphatic heterocycles. The predicted octanol–water partition coefficient (Wildman–Crippen LogP) is 5.38. The van der Waals surface area contributed by atoms with Crippen molar-refractivity contribution in [1.82, 2.24) is 5.43 Å². The summed E-state index contributed by atoms with van der Waals surface area (Å²) in [6.07, 6.45) is 0. The van der Waals surface area contributed by atoms with Gasteiger partial charge in [0.2, 0.25) is 0 Å². The largest absolute Gasteiger partial charge is 0.372 e. The van der Waals surface area contributed by atoms with Crippen LogP contribution in [0.1, 0.15) is 19.4 Å². The van der Waals surface area contributed by atoms with E-state index in [1.54, 1.807) is 0 Å². The molecule has 3 aromatic carbocycles. The molecule has 0 aliphatic rings. The van der Waals surface area contributed by atoms with E-state index in [0.717, 1.165) is 31.0 Å². The van der Waals surface area contributed by atoms with Crippen molar-refractivity contribution in [3.8, 4) is 0 Å². The Kier molecular flexibility index (Phi) is 6.29. The predicted molar refractivity (Wildman–Crippen MR) is 112 cm³/mol. The summed E-state index contributed by atoms with van der Waals surface area (Å²) in [5, 5.41) is 2.14. The number of rotatable bonds is 8. The molecule has 0 radical (unpaired) electrons. The molecule has 134 valence electrons. The lowest BCUT2D eigenvalue weighted by Gasteiger charge is -2.26. The van der Waals surface area contributed by atoms with Crippen LogP contribution in [-0.2, 0) is 6.54 Å². The summed E-state index contributed by atoms with van der Waals surface area (Å²) in [6.45, 7) is 7.21. The summed E-state index contributed by atoms with van der Waals surface area (Å²) < 4.78 is 0. The maximum atomic E-state index is 3.57. The monoisotopic (exact) mass is 345 g/mol. The van der Waals surface area contributed by atoms with Crippen LogP contribution in [0.15, 0.2) is 84.9 Å². The molecular weight excluding hydrogens is 318 g/mol. The van der Waals surface area contributed by atoms with Crippen LogP contribution in [0.2, 0.25) is 0 Å². The summed E-state index contributed by atoms with van der Waals surface area (Å²) in [7, 11) is 0. The molecule has 0 spiro atoms. The number of hydrogen-bond acceptors (Lipinski definition) is 3. The Hall–Kier alpha value is -2.78. The zero-order chi connectivity index (χ0) is 18.2. The van der Waals surface area contributed by atoms with Gasteiger partial charge in [0.1, 0.15) is 0 Å². The van der Waals surface area contributed by atoms with Crippen LogP contribution in [-0.4, -0.2) is 13.1 Å². The first-order chi connectivity index (χ1) is 12.8. The second-order valence-electron chi connectivity index (χ2n) is 6.18. The van der Waals surface area contributed by atoms with Gasteiger partial charge in [0.25, 0.3) is 0 Å². The Labute approximate surface area is 156 Å². The normalized spacial score (nSPS) is 10.5. The first-order valence-electron chi connectivity index (χ1n) is 9.29. The van der Waals surface area contributed by atoms with Crippen molar-refractivity contribution >= 4 is 17.1 Å². The second-order valence-corrected chi connectivity index (χ2v) is 6.18. The Morgan fingerprint density at radius 3 is 1.58 bits per heavy atom. The van der Waals surface area contributed by atoms with Gasteiger partial charge in [-0.1, -0.05) is 48.5 Å². The third-order valence-corrected chi connectivity index (χ3v) is 4.54. The number of hydrazine groups is 1. The summed E-state index contributed by atoms with van der Waals surface area (Å²) in [5.41, 5.74) is 8.35. The SMILES string of the molecule is CCN(CC)c1ccc(CNN(c2ccccc2)c2ccccc2)cc1. The molecule has 0 saturated heterocycles. The van der Waals surface area contributed by atoms with E-state index in [2.05, 4.69) is 102 Å². The average molecular weight is 345 g/mol. The van der Waals surface area contributed by atoms with Crippen molar-refractivity contribution in [3.05, 3.63) is 90.5 Å². The molecule has 0 bridgehead atoms. The van der Waals surface area contributed by atoms with Crippen LogP contribution in [0.4, 0.5) is 17.1 Å². The summed E-state index contributed by atoms with van der Waals surface area (Å²) in [6, 6.07) is 29.6. The highest BCUT2D eigenvalue weighted by molar-refractivity contribution is 5.61. The first kappa shape index (κ1) is 18.0. The lowest BCUT2D eigenvalue weighted by atomic mass is 10.2. The third kappa shape index (κ3) is 4.44. The lowest BCUT2D eigenvalue weighted by molar-refractivity contribution is 0.707. The topological polar surface area (TPSA) is 18.5 Å². The number of nitrogens with one attached hydrogen (secondary N) is 1. The molecule has 0 aromatic heterocycles. The Bertz CT molecular complexity index is 726. The minimum Gasteiger partial charge on any atom is -0.372 e. The molecule has 3 aromatic rings. The molecule has 0 saturated carbocycles. The quantitative estimate of drug-likeness (QED) is 0.553. The van der Waals surface area contributed by atoms with Gasteiger partial charge < -0.3 is 4.90 Å². The van der Waals surface area contributed by atoms with Gasteiger partial charge in [-0.05, 0) is 55.8 Å². The van der Waals surface area contributed by atoms with E-state index in [1.165, 1.54) is 11.3 Å². The summed E-state index contributed by atoms with van der Waals surface area (Å²) in [5.74, 6) is 0. The van der Waals surface area contributed by atoms with E-state index < -0.39 is 0 Å². The molecule has 3 rings (SSSR count). The molecule has 26 heavy (non-hydrogen) atoms. The Balaban J connectivity index is 1.74. The fraction of sp³-hybridized carbons (Fsp3) is 0.217. The van der Waals surface area contributed by atoms with E-state index in [9.17, 15) is 0 Å². The first-order valence-corrected chi connectivity index (χ1v) is 9.29. The van der Waals surface area contributed by atoms with Crippen LogP contribution in [0.3, 0.4) is 0 Å². The van der Waals surface area contributed by atoms with Gasteiger partial charge in [-0.3, -0.25) is 5.01 Å². The molecule has 1 N–H and O–H groups in total. The highest BCUT2D eigenvalue weighted by Crippen LogP contribution is 2.23. The smallest absolute Gasteiger partial charge is 0.0577 e.